The lowest BCUT2D eigenvalue weighted by Gasteiger charge is -2.39. The highest BCUT2D eigenvalue weighted by Crippen LogP contribution is 2.28. The average Bonchev–Trinajstić information content (AvgIpc) is 2.87. The highest BCUT2D eigenvalue weighted by atomic mass is 35.5. The van der Waals surface area contributed by atoms with Gasteiger partial charge in [0.25, 0.3) is 0 Å². The Bertz CT molecular complexity index is 1430. The summed E-state index contributed by atoms with van der Waals surface area (Å²) in [5.74, 6) is -0.650. The molecule has 1 heterocycles. The number of amides is 1. The normalized spacial score (nSPS) is 17.7. The highest BCUT2D eigenvalue weighted by Gasteiger charge is 2.43. The van der Waals surface area contributed by atoms with E-state index in [0.29, 0.717) is 16.3 Å². The minimum atomic E-state index is -4.08. The summed E-state index contributed by atoms with van der Waals surface area (Å²) < 4.78 is 55.6. The van der Waals surface area contributed by atoms with Crippen molar-refractivity contribution in [3.63, 3.8) is 0 Å². The van der Waals surface area contributed by atoms with Gasteiger partial charge in [0.15, 0.2) is 0 Å². The Morgan fingerprint density at radius 1 is 0.829 bits per heavy atom. The molecule has 1 aliphatic heterocycles. The number of nitrogens with zero attached hydrogens (tertiary/aromatic N) is 2. The Morgan fingerprint density at radius 2 is 1.40 bits per heavy atom. The van der Waals surface area contributed by atoms with Crippen LogP contribution >= 0.6 is 11.6 Å². The monoisotopic (exact) mass is 533 g/mol. The zero-order chi connectivity index (χ0) is 25.2. The van der Waals surface area contributed by atoms with Gasteiger partial charge in [-0.1, -0.05) is 54.1 Å². The number of anilines is 1. The van der Waals surface area contributed by atoms with Crippen LogP contribution in [0.3, 0.4) is 0 Å². The fraction of sp³-hybridized carbons (Fsp3) is 0.208. The number of halogens is 1. The minimum absolute atomic E-state index is 0.0242. The van der Waals surface area contributed by atoms with E-state index in [1.807, 2.05) is 0 Å². The molecule has 0 aromatic heterocycles. The predicted octanol–water partition coefficient (Wildman–Crippen LogP) is 3.35. The zero-order valence-electron chi connectivity index (χ0n) is 18.8. The third-order valence-electron chi connectivity index (χ3n) is 5.85. The molecule has 1 fully saturated rings. The molecule has 0 unspecified atom stereocenters. The molecule has 11 heteroatoms. The topological polar surface area (TPSA) is 104 Å². The van der Waals surface area contributed by atoms with Crippen LogP contribution in [0.25, 0.3) is 0 Å². The largest absolute Gasteiger partial charge is 0.324 e. The Labute approximate surface area is 210 Å². The van der Waals surface area contributed by atoms with Crippen LogP contribution < -0.4 is 5.32 Å². The van der Waals surface area contributed by atoms with Crippen LogP contribution in [-0.2, 0) is 24.8 Å². The van der Waals surface area contributed by atoms with Gasteiger partial charge in [-0.3, -0.25) is 4.79 Å². The molecule has 1 N–H and O–H groups in total. The Morgan fingerprint density at radius 3 is 2.00 bits per heavy atom. The molecule has 1 atom stereocenters. The number of nitrogens with one attached hydrogen (secondary N) is 1. The van der Waals surface area contributed by atoms with Gasteiger partial charge < -0.3 is 5.32 Å². The maximum atomic E-state index is 13.5. The standard InChI is InChI=1S/C24H24ClN3O5S2/c1-18-21(25)13-8-14-22(18)26-24(29)23-17-27(34(30,31)19-9-4-2-5-10-19)15-16-28(23)35(32,33)20-11-6-3-7-12-20/h2-14,23H,15-17H2,1H3,(H,26,29)/t23-/m0/s1. The number of carbonyl (C=O) groups is 1. The van der Waals surface area contributed by atoms with Gasteiger partial charge in [0, 0.05) is 30.3 Å². The van der Waals surface area contributed by atoms with Gasteiger partial charge in [-0.05, 0) is 48.9 Å². The number of rotatable bonds is 6. The first-order valence-electron chi connectivity index (χ1n) is 10.8. The molecule has 0 aliphatic carbocycles. The van der Waals surface area contributed by atoms with Gasteiger partial charge in [0.1, 0.15) is 6.04 Å². The summed E-state index contributed by atoms with van der Waals surface area (Å²) in [6.07, 6.45) is 0. The maximum absolute atomic E-state index is 13.5. The lowest BCUT2D eigenvalue weighted by molar-refractivity contribution is -0.120. The van der Waals surface area contributed by atoms with Crippen LogP contribution in [-0.4, -0.2) is 57.0 Å². The van der Waals surface area contributed by atoms with Gasteiger partial charge in [0.2, 0.25) is 26.0 Å². The van der Waals surface area contributed by atoms with Crippen LogP contribution in [0.5, 0.6) is 0 Å². The second-order valence-corrected chi connectivity index (χ2v) is 12.3. The van der Waals surface area contributed by atoms with Crippen molar-refractivity contribution in [3.8, 4) is 0 Å². The first-order chi connectivity index (χ1) is 16.6. The molecule has 0 spiro atoms. The van der Waals surface area contributed by atoms with E-state index in [0.717, 1.165) is 8.61 Å². The van der Waals surface area contributed by atoms with Gasteiger partial charge in [0.05, 0.1) is 9.79 Å². The van der Waals surface area contributed by atoms with Crippen molar-refractivity contribution < 1.29 is 21.6 Å². The Balaban J connectivity index is 1.71. The molecular weight excluding hydrogens is 510 g/mol. The molecule has 0 bridgehead atoms. The molecule has 1 aliphatic rings. The van der Waals surface area contributed by atoms with Crippen molar-refractivity contribution >= 4 is 43.2 Å². The molecule has 1 saturated heterocycles. The molecule has 3 aromatic rings. The van der Waals surface area contributed by atoms with E-state index in [2.05, 4.69) is 5.32 Å². The number of hydrogen-bond donors (Lipinski definition) is 1. The SMILES string of the molecule is Cc1c(Cl)cccc1NC(=O)[C@@H]1CN(S(=O)(=O)c2ccccc2)CCN1S(=O)(=O)c1ccccc1. The van der Waals surface area contributed by atoms with Crippen molar-refractivity contribution in [2.75, 3.05) is 25.0 Å². The fourth-order valence-electron chi connectivity index (χ4n) is 3.89. The van der Waals surface area contributed by atoms with Crippen molar-refractivity contribution in [1.82, 2.24) is 8.61 Å². The summed E-state index contributed by atoms with van der Waals surface area (Å²) in [5.41, 5.74) is 1.03. The van der Waals surface area contributed by atoms with Crippen molar-refractivity contribution in [3.05, 3.63) is 89.4 Å². The number of carbonyl (C=O) groups excluding carboxylic acids is 1. The van der Waals surface area contributed by atoms with E-state index in [1.165, 1.54) is 24.3 Å². The predicted molar refractivity (Wildman–Crippen MR) is 134 cm³/mol. The van der Waals surface area contributed by atoms with Crippen LogP contribution in [0.4, 0.5) is 5.69 Å². The fourth-order valence-corrected chi connectivity index (χ4v) is 7.11. The molecule has 35 heavy (non-hydrogen) atoms. The molecule has 184 valence electrons. The van der Waals surface area contributed by atoms with Crippen molar-refractivity contribution in [2.45, 2.75) is 22.8 Å². The Hall–Kier alpha value is -2.76. The molecule has 3 aromatic carbocycles. The van der Waals surface area contributed by atoms with Gasteiger partial charge >= 0.3 is 0 Å². The van der Waals surface area contributed by atoms with Gasteiger partial charge in [-0.15, -0.1) is 0 Å². The summed E-state index contributed by atoms with van der Waals surface area (Å²) in [4.78, 5) is 13.5. The van der Waals surface area contributed by atoms with Crippen LogP contribution in [0.1, 0.15) is 5.56 Å². The smallest absolute Gasteiger partial charge is 0.244 e. The lowest BCUT2D eigenvalue weighted by Crippen LogP contribution is -2.60. The van der Waals surface area contributed by atoms with Crippen LogP contribution in [0.15, 0.2) is 88.7 Å². The van der Waals surface area contributed by atoms with E-state index in [4.69, 9.17) is 11.6 Å². The van der Waals surface area contributed by atoms with Crippen LogP contribution in [0, 0.1) is 6.92 Å². The molecule has 0 saturated carbocycles. The second-order valence-electron chi connectivity index (χ2n) is 8.02. The van der Waals surface area contributed by atoms with E-state index >= 15 is 0 Å². The van der Waals surface area contributed by atoms with Crippen molar-refractivity contribution in [1.29, 1.82) is 0 Å². The van der Waals surface area contributed by atoms with Gasteiger partial charge in [-0.25, -0.2) is 16.8 Å². The third kappa shape index (κ3) is 5.12. The van der Waals surface area contributed by atoms with Crippen LogP contribution in [0.2, 0.25) is 5.02 Å². The minimum Gasteiger partial charge on any atom is -0.324 e. The molecule has 0 radical (unpaired) electrons. The van der Waals surface area contributed by atoms with E-state index in [-0.39, 0.29) is 29.4 Å². The van der Waals surface area contributed by atoms with Gasteiger partial charge in [-0.2, -0.15) is 8.61 Å². The first kappa shape index (κ1) is 25.3. The third-order valence-corrected chi connectivity index (χ3v) is 10.1. The summed E-state index contributed by atoms with van der Waals surface area (Å²) >= 11 is 6.17. The second kappa shape index (κ2) is 10.1. The highest BCUT2D eigenvalue weighted by molar-refractivity contribution is 7.89. The lowest BCUT2D eigenvalue weighted by atomic mass is 10.1. The zero-order valence-corrected chi connectivity index (χ0v) is 21.2. The van der Waals surface area contributed by atoms with Crippen molar-refractivity contribution in [2.24, 2.45) is 0 Å². The summed E-state index contributed by atoms with van der Waals surface area (Å²) in [6.45, 7) is 1.11. The average molecular weight is 534 g/mol. The number of piperazine rings is 1. The van der Waals surface area contributed by atoms with E-state index in [9.17, 15) is 21.6 Å². The first-order valence-corrected chi connectivity index (χ1v) is 14.1. The number of benzene rings is 3. The molecule has 1 amide bonds. The maximum Gasteiger partial charge on any atom is 0.244 e. The van der Waals surface area contributed by atoms with E-state index < -0.39 is 32.0 Å². The van der Waals surface area contributed by atoms with E-state index in [1.54, 1.807) is 61.5 Å². The number of hydrogen-bond acceptors (Lipinski definition) is 5. The quantitative estimate of drug-likeness (QED) is 0.523. The molecule has 4 rings (SSSR count). The number of sulfonamides is 2. The molecular formula is C24H24ClN3O5S2. The molecule has 8 nitrogen and oxygen atoms in total. The Kier molecular flexibility index (Phi) is 7.30. The summed E-state index contributed by atoms with van der Waals surface area (Å²) in [5, 5.41) is 3.17. The summed E-state index contributed by atoms with van der Waals surface area (Å²) in [7, 11) is -8.01. The summed E-state index contributed by atoms with van der Waals surface area (Å²) in [6, 6.07) is 19.3.